The zero-order valence-corrected chi connectivity index (χ0v) is 10.7. The van der Waals surface area contributed by atoms with E-state index >= 15 is 0 Å². The molecule has 0 unspecified atom stereocenters. The maximum absolute atomic E-state index is 11.5. The molecule has 16 heavy (non-hydrogen) atoms. The number of hydrogen-bond acceptors (Lipinski definition) is 2. The van der Waals surface area contributed by atoms with Crippen molar-refractivity contribution in [2.45, 2.75) is 41.0 Å². The van der Waals surface area contributed by atoms with Gasteiger partial charge in [-0.05, 0) is 25.7 Å². The molecule has 0 aliphatic carbocycles. The van der Waals surface area contributed by atoms with E-state index in [9.17, 15) is 9.59 Å². The summed E-state index contributed by atoms with van der Waals surface area (Å²) < 4.78 is 0. The summed E-state index contributed by atoms with van der Waals surface area (Å²) in [5, 5.41) is 11.4. The topological polar surface area (TPSA) is 66.4 Å². The molecule has 0 bridgehead atoms. The van der Waals surface area contributed by atoms with Gasteiger partial charge in [0.2, 0.25) is 5.91 Å². The number of aliphatic carboxylic acids is 1. The first-order chi connectivity index (χ1) is 7.15. The fraction of sp³-hybridized carbons (Fsp3) is 0.667. The molecule has 0 aliphatic heterocycles. The van der Waals surface area contributed by atoms with Gasteiger partial charge in [0.1, 0.15) is 0 Å². The van der Waals surface area contributed by atoms with Crippen molar-refractivity contribution in [2.24, 2.45) is 5.41 Å². The van der Waals surface area contributed by atoms with Gasteiger partial charge in [0, 0.05) is 17.7 Å². The zero-order valence-electron chi connectivity index (χ0n) is 10.7. The minimum absolute atomic E-state index is 0.0910. The first-order valence-corrected chi connectivity index (χ1v) is 5.34. The van der Waals surface area contributed by atoms with Gasteiger partial charge in [-0.15, -0.1) is 0 Å². The second-order valence-electron chi connectivity index (χ2n) is 5.12. The van der Waals surface area contributed by atoms with Gasteiger partial charge >= 0.3 is 5.97 Å². The summed E-state index contributed by atoms with van der Waals surface area (Å²) in [6.45, 7) is 9.78. The first kappa shape index (κ1) is 14.7. The predicted molar refractivity (Wildman–Crippen MR) is 63.1 cm³/mol. The molecule has 0 rings (SSSR count). The largest absolute Gasteiger partial charge is 0.478 e. The summed E-state index contributed by atoms with van der Waals surface area (Å²) in [4.78, 5) is 22.2. The summed E-state index contributed by atoms with van der Waals surface area (Å²) in [6, 6.07) is 0. The molecule has 0 spiro atoms. The number of carbonyl (C=O) groups is 2. The third kappa shape index (κ3) is 5.53. The molecule has 1 amide bonds. The van der Waals surface area contributed by atoms with E-state index in [0.717, 1.165) is 6.42 Å². The van der Waals surface area contributed by atoms with E-state index in [1.165, 1.54) is 13.8 Å². The number of carbonyl (C=O) groups excluding carboxylic acids is 1. The Bertz CT molecular complexity index is 311. The molecule has 0 fully saturated rings. The molecule has 2 N–H and O–H groups in total. The molecule has 0 heterocycles. The molecule has 0 saturated heterocycles. The lowest BCUT2D eigenvalue weighted by molar-refractivity contribution is -0.133. The van der Waals surface area contributed by atoms with Crippen LogP contribution in [0, 0.1) is 5.41 Å². The Kier molecular flexibility index (Phi) is 5.21. The minimum Gasteiger partial charge on any atom is -0.478 e. The van der Waals surface area contributed by atoms with Crippen LogP contribution < -0.4 is 5.32 Å². The molecule has 0 radical (unpaired) electrons. The van der Waals surface area contributed by atoms with Gasteiger partial charge in [0.15, 0.2) is 0 Å². The third-order valence-corrected chi connectivity index (χ3v) is 2.38. The van der Waals surface area contributed by atoms with E-state index in [-0.39, 0.29) is 22.5 Å². The molecule has 0 aromatic rings. The monoisotopic (exact) mass is 227 g/mol. The lowest BCUT2D eigenvalue weighted by Gasteiger charge is -2.18. The Labute approximate surface area is 96.7 Å². The van der Waals surface area contributed by atoms with Crippen LogP contribution >= 0.6 is 0 Å². The Morgan fingerprint density at radius 1 is 1.12 bits per heavy atom. The van der Waals surface area contributed by atoms with Crippen LogP contribution in [-0.2, 0) is 9.59 Å². The van der Waals surface area contributed by atoms with E-state index in [4.69, 9.17) is 5.11 Å². The van der Waals surface area contributed by atoms with E-state index in [2.05, 4.69) is 26.1 Å². The summed E-state index contributed by atoms with van der Waals surface area (Å²) in [7, 11) is 0. The van der Waals surface area contributed by atoms with Crippen LogP contribution in [0.4, 0.5) is 0 Å². The van der Waals surface area contributed by atoms with Gasteiger partial charge in [0.25, 0.3) is 0 Å². The number of hydrogen-bond donors (Lipinski definition) is 2. The van der Waals surface area contributed by atoms with Crippen LogP contribution in [0.3, 0.4) is 0 Å². The SMILES string of the molecule is CC(C(=O)O)=C(C)C(=O)NCCC(C)(C)C. The van der Waals surface area contributed by atoms with Crippen molar-refractivity contribution in [2.75, 3.05) is 6.54 Å². The normalized spacial score (nSPS) is 13.1. The molecule has 4 heteroatoms. The van der Waals surface area contributed by atoms with Gasteiger partial charge in [-0.3, -0.25) is 4.79 Å². The van der Waals surface area contributed by atoms with Crippen LogP contribution in [0.2, 0.25) is 0 Å². The van der Waals surface area contributed by atoms with Crippen molar-refractivity contribution < 1.29 is 14.7 Å². The van der Waals surface area contributed by atoms with Crippen molar-refractivity contribution in [1.82, 2.24) is 5.32 Å². The molecule has 0 atom stereocenters. The fourth-order valence-corrected chi connectivity index (χ4v) is 1.01. The summed E-state index contributed by atoms with van der Waals surface area (Å²) in [5.41, 5.74) is 0.516. The number of carboxylic acid groups (broad SMARTS) is 1. The Balaban J connectivity index is 4.29. The second-order valence-corrected chi connectivity index (χ2v) is 5.12. The number of carboxylic acids is 1. The molecule has 0 aromatic heterocycles. The molecule has 0 aromatic carbocycles. The van der Waals surface area contributed by atoms with E-state index < -0.39 is 5.97 Å². The molecule has 0 saturated carbocycles. The maximum Gasteiger partial charge on any atom is 0.331 e. The minimum atomic E-state index is -1.05. The van der Waals surface area contributed by atoms with Gasteiger partial charge in [0.05, 0.1) is 0 Å². The zero-order chi connectivity index (χ0) is 12.9. The molecule has 92 valence electrons. The molecular weight excluding hydrogens is 206 g/mol. The first-order valence-electron chi connectivity index (χ1n) is 5.34. The van der Waals surface area contributed by atoms with Gasteiger partial charge in [-0.1, -0.05) is 20.8 Å². The van der Waals surface area contributed by atoms with Gasteiger partial charge in [-0.2, -0.15) is 0 Å². The van der Waals surface area contributed by atoms with E-state index in [0.29, 0.717) is 6.54 Å². The van der Waals surface area contributed by atoms with Crippen LogP contribution in [0.1, 0.15) is 41.0 Å². The number of amides is 1. The smallest absolute Gasteiger partial charge is 0.331 e. The lowest BCUT2D eigenvalue weighted by Crippen LogP contribution is -2.28. The number of nitrogens with one attached hydrogen (secondary N) is 1. The summed E-state index contributed by atoms with van der Waals surface area (Å²) in [5.74, 6) is -1.35. The van der Waals surface area contributed by atoms with Crippen molar-refractivity contribution in [3.05, 3.63) is 11.1 Å². The van der Waals surface area contributed by atoms with Crippen LogP contribution in [0.25, 0.3) is 0 Å². The quantitative estimate of drug-likeness (QED) is 0.721. The highest BCUT2D eigenvalue weighted by molar-refractivity contribution is 6.01. The van der Waals surface area contributed by atoms with Gasteiger partial charge < -0.3 is 10.4 Å². The highest BCUT2D eigenvalue weighted by Gasteiger charge is 2.14. The van der Waals surface area contributed by atoms with E-state index in [1.807, 2.05) is 0 Å². The van der Waals surface area contributed by atoms with Crippen molar-refractivity contribution in [3.63, 3.8) is 0 Å². The highest BCUT2D eigenvalue weighted by atomic mass is 16.4. The average Bonchev–Trinajstić information content (AvgIpc) is 2.13. The van der Waals surface area contributed by atoms with Crippen LogP contribution in [-0.4, -0.2) is 23.5 Å². The summed E-state index contributed by atoms with van der Waals surface area (Å²) in [6.07, 6.45) is 0.859. The third-order valence-electron chi connectivity index (χ3n) is 2.38. The average molecular weight is 227 g/mol. The van der Waals surface area contributed by atoms with Crippen molar-refractivity contribution in [1.29, 1.82) is 0 Å². The van der Waals surface area contributed by atoms with Crippen LogP contribution in [0.5, 0.6) is 0 Å². The lowest BCUT2D eigenvalue weighted by atomic mass is 9.92. The Hall–Kier alpha value is -1.32. The fourth-order valence-electron chi connectivity index (χ4n) is 1.01. The molecule has 4 nitrogen and oxygen atoms in total. The highest BCUT2D eigenvalue weighted by Crippen LogP contribution is 2.17. The van der Waals surface area contributed by atoms with E-state index in [1.54, 1.807) is 0 Å². The maximum atomic E-state index is 11.5. The van der Waals surface area contributed by atoms with Crippen molar-refractivity contribution in [3.8, 4) is 0 Å². The standard InChI is InChI=1S/C12H21NO3/c1-8(9(2)11(15)16)10(14)13-7-6-12(3,4)5/h6-7H2,1-5H3,(H,13,14)(H,15,16). The van der Waals surface area contributed by atoms with Crippen molar-refractivity contribution >= 4 is 11.9 Å². The Morgan fingerprint density at radius 2 is 1.62 bits per heavy atom. The Morgan fingerprint density at radius 3 is 2.00 bits per heavy atom. The molecule has 0 aliphatic rings. The molecular formula is C12H21NO3. The second kappa shape index (κ2) is 5.68. The number of rotatable bonds is 4. The van der Waals surface area contributed by atoms with Crippen LogP contribution in [0.15, 0.2) is 11.1 Å². The predicted octanol–water partition coefficient (Wildman–Crippen LogP) is 1.96. The van der Waals surface area contributed by atoms with Gasteiger partial charge in [-0.25, -0.2) is 4.79 Å². The summed E-state index contributed by atoms with van der Waals surface area (Å²) >= 11 is 0.